The number of carbonyl (C=O) groups excluding carboxylic acids is 2. The van der Waals surface area contributed by atoms with Crippen molar-refractivity contribution in [3.05, 3.63) is 57.8 Å². The molecule has 0 saturated heterocycles. The average molecular weight is 381 g/mol. The molecule has 25 heavy (non-hydrogen) atoms. The average Bonchev–Trinajstić information content (AvgIpc) is 2.57. The standard InChI is InChI=1S/C17H18Cl2N4O2/c1-23(2)6-5-21-16(24)11-7-12(10-20-9-11)17(25)22-15-8-13(18)3-4-14(15)19/h3-4,7-10H,5-6H2,1-2H3,(H,21,24)(H,22,25). The lowest BCUT2D eigenvalue weighted by Gasteiger charge is -2.11. The van der Waals surface area contributed by atoms with Gasteiger partial charge >= 0.3 is 0 Å². The van der Waals surface area contributed by atoms with E-state index in [1.807, 2.05) is 19.0 Å². The maximum absolute atomic E-state index is 12.4. The molecule has 2 rings (SSSR count). The summed E-state index contributed by atoms with van der Waals surface area (Å²) in [6, 6.07) is 6.24. The molecule has 0 bridgehead atoms. The first-order valence-electron chi connectivity index (χ1n) is 7.51. The van der Waals surface area contributed by atoms with Crippen molar-refractivity contribution in [2.75, 3.05) is 32.5 Å². The number of halogens is 2. The summed E-state index contributed by atoms with van der Waals surface area (Å²) in [6.07, 6.45) is 2.79. The molecule has 0 aliphatic heterocycles. The van der Waals surface area contributed by atoms with Gasteiger partial charge < -0.3 is 15.5 Å². The largest absolute Gasteiger partial charge is 0.351 e. The van der Waals surface area contributed by atoms with Crippen LogP contribution in [0.3, 0.4) is 0 Å². The Morgan fingerprint density at radius 3 is 2.44 bits per heavy atom. The quantitative estimate of drug-likeness (QED) is 0.807. The molecule has 1 aromatic carbocycles. The fraction of sp³-hybridized carbons (Fsp3) is 0.235. The van der Waals surface area contributed by atoms with E-state index in [2.05, 4.69) is 15.6 Å². The zero-order valence-corrected chi connectivity index (χ0v) is 15.4. The molecule has 1 heterocycles. The van der Waals surface area contributed by atoms with Crippen LogP contribution in [0.2, 0.25) is 10.0 Å². The second-order valence-electron chi connectivity index (χ2n) is 5.60. The summed E-state index contributed by atoms with van der Waals surface area (Å²) in [7, 11) is 3.83. The van der Waals surface area contributed by atoms with Crippen molar-refractivity contribution in [2.45, 2.75) is 0 Å². The Kier molecular flexibility index (Phi) is 6.75. The van der Waals surface area contributed by atoms with Crippen molar-refractivity contribution in [1.82, 2.24) is 15.2 Å². The van der Waals surface area contributed by atoms with Crippen molar-refractivity contribution in [1.29, 1.82) is 0 Å². The zero-order valence-electron chi connectivity index (χ0n) is 13.8. The smallest absolute Gasteiger partial charge is 0.257 e. The number of nitrogens with one attached hydrogen (secondary N) is 2. The third-order valence-corrected chi connectivity index (χ3v) is 3.85. The van der Waals surface area contributed by atoms with E-state index in [-0.39, 0.29) is 11.5 Å². The van der Waals surface area contributed by atoms with Crippen LogP contribution in [-0.4, -0.2) is 48.9 Å². The summed E-state index contributed by atoms with van der Waals surface area (Å²) in [5.74, 6) is -0.718. The molecule has 2 amide bonds. The summed E-state index contributed by atoms with van der Waals surface area (Å²) in [5, 5.41) is 6.24. The molecule has 0 saturated carbocycles. The molecule has 0 spiro atoms. The van der Waals surface area contributed by atoms with Crippen molar-refractivity contribution < 1.29 is 9.59 Å². The number of benzene rings is 1. The number of pyridine rings is 1. The van der Waals surface area contributed by atoms with Gasteiger partial charge in [0.05, 0.1) is 21.8 Å². The summed E-state index contributed by atoms with van der Waals surface area (Å²) in [5.41, 5.74) is 0.944. The summed E-state index contributed by atoms with van der Waals surface area (Å²) < 4.78 is 0. The lowest BCUT2D eigenvalue weighted by atomic mass is 10.2. The Bertz CT molecular complexity index is 781. The fourth-order valence-electron chi connectivity index (χ4n) is 1.97. The number of hydrogen-bond acceptors (Lipinski definition) is 4. The van der Waals surface area contributed by atoms with Crippen molar-refractivity contribution in [3.8, 4) is 0 Å². The van der Waals surface area contributed by atoms with Gasteiger partial charge in [-0.05, 0) is 38.4 Å². The highest BCUT2D eigenvalue weighted by Crippen LogP contribution is 2.25. The van der Waals surface area contributed by atoms with Gasteiger partial charge in [-0.2, -0.15) is 0 Å². The van der Waals surface area contributed by atoms with Crippen molar-refractivity contribution >= 4 is 40.7 Å². The van der Waals surface area contributed by atoms with E-state index < -0.39 is 5.91 Å². The minimum absolute atomic E-state index is 0.247. The molecular weight excluding hydrogens is 363 g/mol. The number of nitrogens with zero attached hydrogens (tertiary/aromatic N) is 2. The molecule has 0 aliphatic rings. The van der Waals surface area contributed by atoms with Gasteiger partial charge in [-0.3, -0.25) is 14.6 Å². The highest BCUT2D eigenvalue weighted by atomic mass is 35.5. The number of amides is 2. The first kappa shape index (κ1) is 19.2. The number of carbonyl (C=O) groups is 2. The number of aromatic nitrogens is 1. The van der Waals surface area contributed by atoms with E-state index in [4.69, 9.17) is 23.2 Å². The Balaban J connectivity index is 2.08. The normalized spacial score (nSPS) is 10.6. The van der Waals surface area contributed by atoms with E-state index >= 15 is 0 Å². The molecular formula is C17H18Cl2N4O2. The van der Waals surface area contributed by atoms with Gasteiger partial charge in [-0.15, -0.1) is 0 Å². The molecule has 8 heteroatoms. The van der Waals surface area contributed by atoms with Crippen LogP contribution in [0.25, 0.3) is 0 Å². The summed E-state index contributed by atoms with van der Waals surface area (Å²) >= 11 is 11.9. The maximum Gasteiger partial charge on any atom is 0.257 e. The lowest BCUT2D eigenvalue weighted by Crippen LogP contribution is -2.31. The van der Waals surface area contributed by atoms with Crippen LogP contribution in [0.1, 0.15) is 20.7 Å². The third-order valence-electron chi connectivity index (χ3n) is 3.28. The fourth-order valence-corrected chi connectivity index (χ4v) is 2.31. The van der Waals surface area contributed by atoms with Gasteiger partial charge in [-0.25, -0.2) is 0 Å². The van der Waals surface area contributed by atoms with Gasteiger partial charge in [0.15, 0.2) is 0 Å². The van der Waals surface area contributed by atoms with Crippen molar-refractivity contribution in [2.24, 2.45) is 0 Å². The number of anilines is 1. The molecule has 0 radical (unpaired) electrons. The first-order chi connectivity index (χ1) is 11.9. The minimum atomic E-state index is -0.431. The molecule has 1 aromatic heterocycles. The predicted octanol–water partition coefficient (Wildman–Crippen LogP) is 2.93. The van der Waals surface area contributed by atoms with Gasteiger partial charge in [0.2, 0.25) is 0 Å². The molecule has 0 fully saturated rings. The second kappa shape index (κ2) is 8.80. The zero-order chi connectivity index (χ0) is 18.4. The molecule has 6 nitrogen and oxygen atoms in total. The van der Waals surface area contributed by atoms with Gasteiger partial charge in [0.1, 0.15) is 0 Å². The van der Waals surface area contributed by atoms with Gasteiger partial charge in [-0.1, -0.05) is 23.2 Å². The van der Waals surface area contributed by atoms with E-state index in [0.29, 0.717) is 34.4 Å². The second-order valence-corrected chi connectivity index (χ2v) is 6.44. The van der Waals surface area contributed by atoms with E-state index in [9.17, 15) is 9.59 Å². The topological polar surface area (TPSA) is 74.3 Å². The van der Waals surface area contributed by atoms with E-state index in [0.717, 1.165) is 0 Å². The van der Waals surface area contributed by atoms with Crippen molar-refractivity contribution in [3.63, 3.8) is 0 Å². The van der Waals surface area contributed by atoms with Crippen LogP contribution < -0.4 is 10.6 Å². The number of hydrogen-bond donors (Lipinski definition) is 2. The monoisotopic (exact) mass is 380 g/mol. The minimum Gasteiger partial charge on any atom is -0.351 e. The molecule has 0 atom stereocenters. The molecule has 0 aliphatic carbocycles. The van der Waals surface area contributed by atoms with Gasteiger partial charge in [0.25, 0.3) is 11.8 Å². The SMILES string of the molecule is CN(C)CCNC(=O)c1cncc(C(=O)Nc2cc(Cl)ccc2Cl)c1. The number of rotatable bonds is 6. The Labute approximate surface area is 156 Å². The van der Waals surface area contributed by atoms with Crippen LogP contribution in [0.15, 0.2) is 36.7 Å². The van der Waals surface area contributed by atoms with E-state index in [1.54, 1.807) is 18.2 Å². The van der Waals surface area contributed by atoms with Gasteiger partial charge in [0, 0.05) is 30.5 Å². The Hall–Kier alpha value is -2.15. The summed E-state index contributed by atoms with van der Waals surface area (Å²) in [6.45, 7) is 1.22. The first-order valence-corrected chi connectivity index (χ1v) is 8.27. The molecule has 2 N–H and O–H groups in total. The van der Waals surface area contributed by atoms with Crippen LogP contribution in [0.4, 0.5) is 5.69 Å². The lowest BCUT2D eigenvalue weighted by molar-refractivity contribution is 0.0950. The van der Waals surface area contributed by atoms with Crippen LogP contribution in [-0.2, 0) is 0 Å². The van der Waals surface area contributed by atoms with Crippen LogP contribution in [0.5, 0.6) is 0 Å². The van der Waals surface area contributed by atoms with E-state index in [1.165, 1.54) is 18.5 Å². The Morgan fingerprint density at radius 1 is 1.08 bits per heavy atom. The molecule has 0 unspecified atom stereocenters. The molecule has 2 aromatic rings. The highest BCUT2D eigenvalue weighted by molar-refractivity contribution is 6.35. The predicted molar refractivity (Wildman–Crippen MR) is 99.5 cm³/mol. The maximum atomic E-state index is 12.4. The molecule has 132 valence electrons. The Morgan fingerprint density at radius 2 is 1.76 bits per heavy atom. The van der Waals surface area contributed by atoms with Crippen LogP contribution >= 0.6 is 23.2 Å². The third kappa shape index (κ3) is 5.70. The van der Waals surface area contributed by atoms with Crippen LogP contribution in [0, 0.1) is 0 Å². The summed E-state index contributed by atoms with van der Waals surface area (Å²) in [4.78, 5) is 30.4. The highest BCUT2D eigenvalue weighted by Gasteiger charge is 2.13. The number of likely N-dealkylation sites (N-methyl/N-ethyl adjacent to an activating group) is 1.